The molecule has 3 saturated heterocycles. The third kappa shape index (κ3) is 45.8. The van der Waals surface area contributed by atoms with Crippen LogP contribution in [0.1, 0.15) is 252 Å². The molecule has 0 bridgehead atoms. The van der Waals surface area contributed by atoms with Crippen LogP contribution in [0.15, 0.2) is 0 Å². The normalized spacial score (nSPS) is 25.4. The molecule has 39 nitrogen and oxygen atoms in total. The summed E-state index contributed by atoms with van der Waals surface area (Å²) in [5.41, 5.74) is -1.15. The number of nitrogens with one attached hydrogen (secondary N) is 5. The van der Waals surface area contributed by atoms with Gasteiger partial charge in [-0.2, -0.15) is 0 Å². The minimum atomic E-state index is -4.27. The van der Waals surface area contributed by atoms with Crippen LogP contribution in [0.4, 0.5) is 0 Å². The molecule has 16 N–H and O–H groups in total. The summed E-state index contributed by atoms with van der Waals surface area (Å²) in [7, 11) is -3.23. The van der Waals surface area contributed by atoms with E-state index in [1.807, 2.05) is 0 Å². The van der Waals surface area contributed by atoms with E-state index in [0.717, 1.165) is 45.6 Å². The van der Waals surface area contributed by atoms with Gasteiger partial charge in [0, 0.05) is 169 Å². The highest BCUT2D eigenvalue weighted by Gasteiger charge is 2.48. The predicted octanol–water partition coefficient (Wildman–Crippen LogP) is 1.63. The minimum Gasteiger partial charge on any atom is -0.396 e. The van der Waals surface area contributed by atoms with Crippen molar-refractivity contribution in [3.8, 4) is 0 Å². The summed E-state index contributed by atoms with van der Waals surface area (Å²) in [5.74, 6) is -2.98. The number of phosphoric ester groups is 1. The first kappa shape index (κ1) is 112. The second kappa shape index (κ2) is 63.6. The van der Waals surface area contributed by atoms with Crippen molar-refractivity contribution >= 4 is 72.2 Å². The van der Waals surface area contributed by atoms with Crippen LogP contribution >= 0.6 is 7.82 Å². The van der Waals surface area contributed by atoms with Crippen molar-refractivity contribution in [2.24, 2.45) is 11.3 Å². The molecule has 0 aromatic rings. The van der Waals surface area contributed by atoms with E-state index < -0.39 is 148 Å². The van der Waals surface area contributed by atoms with Gasteiger partial charge >= 0.3 is 7.82 Å². The molecule has 1 aliphatic carbocycles. The summed E-state index contributed by atoms with van der Waals surface area (Å²) >= 11 is 0. The van der Waals surface area contributed by atoms with Crippen LogP contribution in [0.2, 0.25) is 0 Å². The molecule has 3 heterocycles. The Bertz CT molecular complexity index is 2960. The molecule has 6 amide bonds. The Kier molecular flexibility index (Phi) is 56.9. The highest BCUT2D eigenvalue weighted by molar-refractivity contribution is 7.47. The Morgan fingerprint density at radius 3 is 1.23 bits per heavy atom. The molecule has 40 heteroatoms. The number of phosphoric acid groups is 1. The van der Waals surface area contributed by atoms with Crippen LogP contribution in [-0.4, -0.2) is 336 Å². The van der Waals surface area contributed by atoms with E-state index in [9.17, 15) is 113 Å². The SMILES string of the molecule is COP(=O)(O)OC[C@@H]1CC(O)CN1C(=O)CCCCCCCCCCC(=O)CC(COCCC(=O)CCCCCC(=O)CCCCOC1OC(CO)C(O)C(O)C1NC(C)=O)(COCCC(=O)CCCCCC(=O)CCCCOC1OC(CO)C(O)C(O)C1NC(C)=O)COCCC(=O)NCCCNC(=O)CCCCOC1CC(CO)C(O)C(O)C1NC(C)=O. The molecule has 1 saturated carbocycles. The highest BCUT2D eigenvalue weighted by Crippen LogP contribution is 2.43. The number of hydrogen-bond acceptors (Lipinski definition) is 32. The third-order valence-corrected chi connectivity index (χ3v) is 23.7. The molecule has 17 unspecified atom stereocenters. The van der Waals surface area contributed by atoms with Gasteiger partial charge in [0.05, 0.1) is 89.9 Å². The van der Waals surface area contributed by atoms with Crippen molar-refractivity contribution in [2.45, 2.75) is 350 Å². The molecule has 0 aromatic carbocycles. The Morgan fingerprint density at radius 2 is 0.792 bits per heavy atom. The zero-order valence-electron chi connectivity index (χ0n) is 73.9. The number of unbranched alkanes of at least 4 members (excludes halogenated alkanes) is 14. The van der Waals surface area contributed by atoms with Crippen LogP contribution in [0.5, 0.6) is 0 Å². The second-order valence-electron chi connectivity index (χ2n) is 33.6. The molecule has 4 aliphatic rings. The summed E-state index contributed by atoms with van der Waals surface area (Å²) in [4.78, 5) is 152. The molecule has 0 radical (unpaired) electrons. The second-order valence-corrected chi connectivity index (χ2v) is 35.2. The predicted molar refractivity (Wildman–Crippen MR) is 449 cm³/mol. The number of hydrogen-bond donors (Lipinski definition) is 16. The number of ketones is 5. The fourth-order valence-electron chi connectivity index (χ4n) is 15.6. The largest absolute Gasteiger partial charge is 0.471 e. The highest BCUT2D eigenvalue weighted by atomic mass is 31.2. The first-order valence-corrected chi connectivity index (χ1v) is 46.5. The molecule has 125 heavy (non-hydrogen) atoms. The Hall–Kier alpha value is -5.44. The lowest BCUT2D eigenvalue weighted by atomic mass is 9.79. The Morgan fingerprint density at radius 1 is 0.416 bits per heavy atom. The molecule has 4 rings (SSSR count). The fraction of sp³-hybridized carbons (Fsp3) is 0.871. The van der Waals surface area contributed by atoms with Crippen molar-refractivity contribution in [1.82, 2.24) is 31.5 Å². The Balaban J connectivity index is 1.31. The number of β-amino-alcohol motifs (C(OH)–C–C–N with tert-alkyl or cyclic N) is 1. The summed E-state index contributed by atoms with van der Waals surface area (Å²) in [6, 6.07) is -3.60. The number of carbonyl (C=O) groups excluding carboxylic acids is 11. The molecular formula is C85H149N6O33P. The quantitative estimate of drug-likeness (QED) is 0.0304. The summed E-state index contributed by atoms with van der Waals surface area (Å²) in [6.07, 6.45) is 0.994. The van der Waals surface area contributed by atoms with Gasteiger partial charge in [-0.3, -0.25) is 61.8 Å². The number of rotatable bonds is 72. The van der Waals surface area contributed by atoms with Gasteiger partial charge in [-0.05, 0) is 96.3 Å². The maximum absolute atomic E-state index is 14.2. The van der Waals surface area contributed by atoms with Crippen LogP contribution in [0, 0.1) is 11.3 Å². The van der Waals surface area contributed by atoms with Crippen LogP contribution in [0.25, 0.3) is 0 Å². The van der Waals surface area contributed by atoms with Gasteiger partial charge in [-0.25, -0.2) is 4.57 Å². The number of ether oxygens (including phenoxy) is 8. The van der Waals surface area contributed by atoms with E-state index in [2.05, 4.69) is 31.1 Å². The van der Waals surface area contributed by atoms with Gasteiger partial charge in [0.25, 0.3) is 0 Å². The maximum atomic E-state index is 14.2. The zero-order valence-corrected chi connectivity index (χ0v) is 74.8. The van der Waals surface area contributed by atoms with Crippen molar-refractivity contribution < 1.29 is 160 Å². The summed E-state index contributed by atoms with van der Waals surface area (Å²) in [5, 5.41) is 115. The lowest BCUT2D eigenvalue weighted by molar-refractivity contribution is -0.270. The number of aliphatic hydroxyl groups is 10. The van der Waals surface area contributed by atoms with Crippen LogP contribution in [-0.2, 0) is 104 Å². The fourth-order valence-corrected chi connectivity index (χ4v) is 16.1. The van der Waals surface area contributed by atoms with Gasteiger partial charge in [0.2, 0.25) is 35.4 Å². The van der Waals surface area contributed by atoms with Crippen LogP contribution < -0.4 is 26.6 Å². The summed E-state index contributed by atoms with van der Waals surface area (Å²) in [6.45, 7) is 2.57. The van der Waals surface area contributed by atoms with Gasteiger partial charge in [0.1, 0.15) is 83.7 Å². The molecule has 4 fully saturated rings. The van der Waals surface area contributed by atoms with Gasteiger partial charge in [0.15, 0.2) is 12.6 Å². The van der Waals surface area contributed by atoms with Gasteiger partial charge < -0.3 is 125 Å². The lowest BCUT2D eigenvalue weighted by Crippen LogP contribution is -2.64. The average Bonchev–Trinajstić information content (AvgIpc) is 1.57. The number of Topliss-reactive ketones (excluding diaryl/α,β-unsaturated/α-hetero) is 5. The third-order valence-electron chi connectivity index (χ3n) is 22.7. The Labute approximate surface area is 734 Å². The number of likely N-dealkylation sites (tertiary alicyclic amines) is 1. The molecular weight excluding hydrogens is 1660 g/mol. The van der Waals surface area contributed by atoms with E-state index in [1.165, 1.54) is 25.7 Å². The van der Waals surface area contributed by atoms with Gasteiger partial charge in [-0.1, -0.05) is 51.4 Å². The lowest BCUT2D eigenvalue weighted by Gasteiger charge is -2.42. The molecule has 3 aliphatic heterocycles. The van der Waals surface area contributed by atoms with E-state index >= 15 is 0 Å². The standard InChI is InChI=1S/C85H149N6O33P/c1-57(95)88-74-68(46-60(50-92)77(107)80(74)110)119-40-24-21-33-71(104)86-38-25-39-87-72(105)37-45-118-56-85(48-66(102)32-13-9-7-5-6-8-10-18-34-73(106)91-49-67(103)47-61(91)53-122-125(113,114)115-4,54-116-43-35-64(100)28-16-11-14-26-62(98)30-19-22-41-120-83-75(89-58(2)96)81(111)78(108)69(51-93)123-83)55-117-44-36-65(101)29-17-12-15-27-63(99)31-20-23-42-121-84-76(90-59(3)97)82(112)79(109)70(52-94)124-84/h60-61,67-70,74-84,92-94,103,107-112H,5-56H2,1-4H3,(H,86,104)(H,87,105)(H,88,95)(H,89,96)(H,90,97)(H,113,114)/t60?,61-,67?,68?,69?,70?,74?,75?,76?,77?,78?,79?,80?,81?,82?,83?,84?,85?/m0/s1. The number of nitrogens with zero attached hydrogens (tertiary/aromatic N) is 1. The number of amides is 6. The smallest absolute Gasteiger partial charge is 0.396 e. The van der Waals surface area contributed by atoms with Crippen molar-refractivity contribution in [2.75, 3.05) is 113 Å². The minimum absolute atomic E-state index is 0.0136. The van der Waals surface area contributed by atoms with E-state index in [-0.39, 0.29) is 222 Å². The molecule has 722 valence electrons. The monoisotopic (exact) mass is 1810 g/mol. The van der Waals surface area contributed by atoms with Crippen LogP contribution in [0.3, 0.4) is 0 Å². The van der Waals surface area contributed by atoms with Crippen molar-refractivity contribution in [3.63, 3.8) is 0 Å². The first-order valence-electron chi connectivity index (χ1n) is 45.0. The molecule has 0 spiro atoms. The van der Waals surface area contributed by atoms with Gasteiger partial charge in [-0.15, -0.1) is 0 Å². The molecule has 0 aromatic heterocycles. The summed E-state index contributed by atoms with van der Waals surface area (Å²) < 4.78 is 68.7. The van der Waals surface area contributed by atoms with E-state index in [0.29, 0.717) is 109 Å². The zero-order chi connectivity index (χ0) is 92.1. The van der Waals surface area contributed by atoms with E-state index in [1.54, 1.807) is 0 Å². The molecule has 18 atom stereocenters. The average molecular weight is 1810 g/mol. The number of aliphatic hydroxyl groups excluding tert-OH is 10. The maximum Gasteiger partial charge on any atom is 0.471 e. The van der Waals surface area contributed by atoms with Crippen molar-refractivity contribution in [3.05, 3.63) is 0 Å². The van der Waals surface area contributed by atoms with E-state index in [4.69, 9.17) is 42.4 Å². The topological polar surface area (TPSA) is 583 Å². The van der Waals surface area contributed by atoms with Crippen molar-refractivity contribution in [1.29, 1.82) is 0 Å². The first-order chi connectivity index (χ1) is 59.8. The number of carbonyl (C=O) groups is 11.